The number of nitrogens with zero attached hydrogens (tertiary/aromatic N) is 2. The van der Waals surface area contributed by atoms with Crippen LogP contribution in [-0.2, 0) is 19.3 Å². The first-order valence-corrected chi connectivity index (χ1v) is 6.74. The Kier molecular flexibility index (Phi) is 3.36. The third kappa shape index (κ3) is 2.55. The van der Waals surface area contributed by atoms with E-state index in [2.05, 4.69) is 9.97 Å². The summed E-state index contributed by atoms with van der Waals surface area (Å²) in [4.78, 5) is 20.9. The Labute approximate surface area is 112 Å². The zero-order valence-corrected chi connectivity index (χ0v) is 10.8. The van der Waals surface area contributed by atoms with Crippen molar-refractivity contribution in [2.45, 2.75) is 32.1 Å². The second-order valence-corrected chi connectivity index (χ2v) is 4.92. The van der Waals surface area contributed by atoms with E-state index in [9.17, 15) is 4.79 Å². The van der Waals surface area contributed by atoms with Gasteiger partial charge in [-0.05, 0) is 31.2 Å². The van der Waals surface area contributed by atoms with Gasteiger partial charge in [0.1, 0.15) is 6.33 Å². The monoisotopic (exact) mass is 252 g/mol. The van der Waals surface area contributed by atoms with Gasteiger partial charge in [0.25, 0.3) is 0 Å². The molecule has 0 bridgehead atoms. The number of fused-ring (bicyclic) bond motifs is 1. The van der Waals surface area contributed by atoms with Gasteiger partial charge in [0, 0.05) is 11.3 Å². The van der Waals surface area contributed by atoms with E-state index in [4.69, 9.17) is 0 Å². The number of aryl methyl sites for hydroxylation is 1. The fourth-order valence-corrected chi connectivity index (χ4v) is 2.62. The molecule has 1 aromatic heterocycles. The number of hydrogen-bond acceptors (Lipinski definition) is 3. The van der Waals surface area contributed by atoms with Gasteiger partial charge in [-0.1, -0.05) is 30.3 Å². The van der Waals surface area contributed by atoms with Crippen LogP contribution in [0.4, 0.5) is 0 Å². The summed E-state index contributed by atoms with van der Waals surface area (Å²) in [6.07, 6.45) is 6.37. The number of rotatable bonds is 3. The van der Waals surface area contributed by atoms with E-state index in [0.29, 0.717) is 6.42 Å². The van der Waals surface area contributed by atoms with Crippen LogP contribution in [0.15, 0.2) is 36.7 Å². The van der Waals surface area contributed by atoms with Gasteiger partial charge in [0.05, 0.1) is 12.1 Å². The van der Waals surface area contributed by atoms with Crippen molar-refractivity contribution in [3.63, 3.8) is 0 Å². The number of carbonyl (C=O) groups excluding carboxylic acids is 1. The fourth-order valence-electron chi connectivity index (χ4n) is 2.62. The summed E-state index contributed by atoms with van der Waals surface area (Å²) >= 11 is 0. The molecular formula is C16H16N2O. The Balaban J connectivity index is 1.86. The van der Waals surface area contributed by atoms with Gasteiger partial charge in [-0.15, -0.1) is 0 Å². The van der Waals surface area contributed by atoms with Crippen LogP contribution < -0.4 is 0 Å². The minimum absolute atomic E-state index is 0.132. The average molecular weight is 252 g/mol. The lowest BCUT2D eigenvalue weighted by Crippen LogP contribution is -2.14. The van der Waals surface area contributed by atoms with Gasteiger partial charge in [-0.2, -0.15) is 0 Å². The predicted octanol–water partition coefficient (Wildman–Crippen LogP) is 2.78. The van der Waals surface area contributed by atoms with E-state index >= 15 is 0 Å². The molecule has 96 valence electrons. The molecule has 1 aliphatic rings. The van der Waals surface area contributed by atoms with Crippen molar-refractivity contribution in [1.29, 1.82) is 0 Å². The Bertz CT molecular complexity index is 593. The normalized spacial score (nSPS) is 13.9. The van der Waals surface area contributed by atoms with Crippen LogP contribution in [0.3, 0.4) is 0 Å². The molecule has 2 aromatic rings. The van der Waals surface area contributed by atoms with Crippen LogP contribution in [0.25, 0.3) is 0 Å². The maximum absolute atomic E-state index is 12.2. The van der Waals surface area contributed by atoms with E-state index in [1.807, 2.05) is 30.3 Å². The Morgan fingerprint density at radius 3 is 2.68 bits per heavy atom. The number of benzene rings is 1. The van der Waals surface area contributed by atoms with E-state index < -0.39 is 0 Å². The topological polar surface area (TPSA) is 42.9 Å². The van der Waals surface area contributed by atoms with E-state index in [0.717, 1.165) is 29.8 Å². The number of carbonyl (C=O) groups is 1. The molecule has 1 aromatic carbocycles. The lowest BCUT2D eigenvalue weighted by molar-refractivity contribution is 0.0991. The molecule has 0 unspecified atom stereocenters. The summed E-state index contributed by atoms with van der Waals surface area (Å²) in [5, 5.41) is 0. The van der Waals surface area contributed by atoms with E-state index in [1.54, 1.807) is 6.33 Å². The van der Waals surface area contributed by atoms with Gasteiger partial charge in [0.2, 0.25) is 0 Å². The summed E-state index contributed by atoms with van der Waals surface area (Å²) in [6.45, 7) is 0. The van der Waals surface area contributed by atoms with Gasteiger partial charge >= 0.3 is 0 Å². The zero-order chi connectivity index (χ0) is 13.1. The quantitative estimate of drug-likeness (QED) is 0.789. The molecule has 0 atom stereocenters. The lowest BCUT2D eigenvalue weighted by Gasteiger charge is -2.16. The minimum Gasteiger partial charge on any atom is -0.294 e. The molecule has 3 nitrogen and oxygen atoms in total. The van der Waals surface area contributed by atoms with Crippen molar-refractivity contribution in [1.82, 2.24) is 9.97 Å². The second kappa shape index (κ2) is 5.31. The first kappa shape index (κ1) is 12.0. The average Bonchev–Trinajstić information content (AvgIpc) is 2.48. The SMILES string of the molecule is O=C(Cc1ncnc2c1CCCC2)c1ccccc1. The van der Waals surface area contributed by atoms with Crippen LogP contribution >= 0.6 is 0 Å². The molecule has 0 amide bonds. The molecule has 19 heavy (non-hydrogen) atoms. The maximum Gasteiger partial charge on any atom is 0.168 e. The number of Topliss-reactive ketones (excluding diaryl/α,β-unsaturated/α-hetero) is 1. The Morgan fingerprint density at radius 2 is 1.84 bits per heavy atom. The van der Waals surface area contributed by atoms with Crippen LogP contribution in [0.5, 0.6) is 0 Å². The van der Waals surface area contributed by atoms with Crippen molar-refractivity contribution in [3.8, 4) is 0 Å². The number of ketones is 1. The van der Waals surface area contributed by atoms with Crippen LogP contribution in [0.1, 0.15) is 40.2 Å². The molecule has 0 aliphatic heterocycles. The minimum atomic E-state index is 0.132. The third-order valence-electron chi connectivity index (χ3n) is 3.64. The van der Waals surface area contributed by atoms with Crippen molar-refractivity contribution in [2.24, 2.45) is 0 Å². The molecule has 0 N–H and O–H groups in total. The van der Waals surface area contributed by atoms with Gasteiger partial charge < -0.3 is 0 Å². The largest absolute Gasteiger partial charge is 0.294 e. The first-order valence-electron chi connectivity index (χ1n) is 6.74. The molecule has 0 radical (unpaired) electrons. The molecule has 3 rings (SSSR count). The van der Waals surface area contributed by atoms with Gasteiger partial charge in [0.15, 0.2) is 5.78 Å². The predicted molar refractivity (Wildman–Crippen MR) is 73.2 cm³/mol. The highest BCUT2D eigenvalue weighted by Crippen LogP contribution is 2.22. The molecule has 0 spiro atoms. The highest BCUT2D eigenvalue weighted by molar-refractivity contribution is 5.97. The van der Waals surface area contributed by atoms with Crippen LogP contribution in [-0.4, -0.2) is 15.8 Å². The summed E-state index contributed by atoms with van der Waals surface area (Å²) in [6, 6.07) is 9.42. The van der Waals surface area contributed by atoms with Crippen molar-refractivity contribution in [3.05, 3.63) is 59.2 Å². The smallest absolute Gasteiger partial charge is 0.168 e. The molecule has 0 saturated heterocycles. The highest BCUT2D eigenvalue weighted by Gasteiger charge is 2.17. The Hall–Kier alpha value is -2.03. The third-order valence-corrected chi connectivity index (χ3v) is 3.64. The van der Waals surface area contributed by atoms with Crippen LogP contribution in [0.2, 0.25) is 0 Å². The van der Waals surface area contributed by atoms with Crippen molar-refractivity contribution >= 4 is 5.78 Å². The van der Waals surface area contributed by atoms with Crippen molar-refractivity contribution in [2.75, 3.05) is 0 Å². The molecule has 0 fully saturated rings. The van der Waals surface area contributed by atoms with Crippen molar-refractivity contribution < 1.29 is 4.79 Å². The molecule has 1 aliphatic carbocycles. The van der Waals surface area contributed by atoms with Gasteiger partial charge in [-0.3, -0.25) is 4.79 Å². The number of aromatic nitrogens is 2. The van der Waals surface area contributed by atoms with Gasteiger partial charge in [-0.25, -0.2) is 9.97 Å². The van der Waals surface area contributed by atoms with E-state index in [-0.39, 0.29) is 5.78 Å². The zero-order valence-electron chi connectivity index (χ0n) is 10.8. The number of hydrogen-bond donors (Lipinski definition) is 0. The molecule has 3 heteroatoms. The molecular weight excluding hydrogens is 236 g/mol. The summed E-state index contributed by atoms with van der Waals surface area (Å²) in [5.41, 5.74) is 4.01. The fraction of sp³-hybridized carbons (Fsp3) is 0.312. The summed E-state index contributed by atoms with van der Waals surface area (Å²) in [7, 11) is 0. The molecule has 1 heterocycles. The first-order chi connectivity index (χ1) is 9.34. The van der Waals surface area contributed by atoms with E-state index in [1.165, 1.54) is 18.4 Å². The summed E-state index contributed by atoms with van der Waals surface area (Å²) < 4.78 is 0. The highest BCUT2D eigenvalue weighted by atomic mass is 16.1. The maximum atomic E-state index is 12.2. The summed E-state index contributed by atoms with van der Waals surface area (Å²) in [5.74, 6) is 0.132. The second-order valence-electron chi connectivity index (χ2n) is 4.92. The molecule has 0 saturated carbocycles. The van der Waals surface area contributed by atoms with Crippen LogP contribution in [0, 0.1) is 0 Å². The lowest BCUT2D eigenvalue weighted by atomic mass is 9.92. The Morgan fingerprint density at radius 1 is 1.05 bits per heavy atom. The standard InChI is InChI=1S/C16H16N2O/c19-16(12-6-2-1-3-7-12)10-15-13-8-4-5-9-14(13)17-11-18-15/h1-3,6-7,11H,4-5,8-10H2.